The number of benzene rings is 1. The van der Waals surface area contributed by atoms with Crippen LogP contribution < -0.4 is 21.9 Å². The molecule has 53 heavy (non-hydrogen) atoms. The van der Waals surface area contributed by atoms with Crippen LogP contribution in [0.25, 0.3) is 0 Å². The maximum atomic E-state index is 12.9. The van der Waals surface area contributed by atoms with E-state index in [4.69, 9.17) is 47.3 Å². The summed E-state index contributed by atoms with van der Waals surface area (Å²) in [6.07, 6.45) is 15.4. The van der Waals surface area contributed by atoms with E-state index in [1.54, 1.807) is 0 Å². The maximum absolute atomic E-state index is 12.9. The zero-order valence-corrected chi connectivity index (χ0v) is 33.7. The van der Waals surface area contributed by atoms with Crippen molar-refractivity contribution in [2.75, 3.05) is 26.8 Å². The number of carbonyl (C=O) groups excluding carboxylic acids is 1. The number of ether oxygens (including phenoxy) is 3. The molecule has 5 atom stereocenters. The smallest absolute Gasteiger partial charge is 0.431 e. The first kappa shape index (κ1) is 44.7. The summed E-state index contributed by atoms with van der Waals surface area (Å²) in [5.41, 5.74) is -0.477. The van der Waals surface area contributed by atoms with Crippen LogP contribution in [0.2, 0.25) is 0 Å². The van der Waals surface area contributed by atoms with E-state index >= 15 is 0 Å². The van der Waals surface area contributed by atoms with Crippen LogP contribution in [0.4, 0.5) is 4.79 Å². The average Bonchev–Trinajstić information content (AvgIpc) is 3.47. The molecule has 13 nitrogen and oxygen atoms in total. The van der Waals surface area contributed by atoms with Gasteiger partial charge in [-0.2, -0.15) is 0 Å². The van der Waals surface area contributed by atoms with E-state index in [0.717, 1.165) is 24.9 Å². The molecule has 2 aromatic rings. The largest absolute Gasteiger partial charge is 0.508 e. The third-order valence-corrected chi connectivity index (χ3v) is 11.2. The normalized spacial score (nSPS) is 19.4. The Bertz CT molecular complexity index is 1510. The molecular weight excluding hydrogens is 740 g/mol. The van der Waals surface area contributed by atoms with Crippen molar-refractivity contribution >= 4 is 42.0 Å². The molecule has 0 radical (unpaired) electrons. The lowest BCUT2D eigenvalue weighted by Crippen LogP contribution is -2.38. The molecule has 3 rings (SSSR count). The van der Waals surface area contributed by atoms with Crippen LogP contribution in [0.5, 0.6) is 0 Å². The lowest BCUT2D eigenvalue weighted by atomic mass is 9.94. The number of aromatic amines is 1. The first-order valence-corrected chi connectivity index (χ1v) is 22.0. The molecule has 1 aromatic heterocycles. The molecule has 0 amide bonds. The van der Waals surface area contributed by atoms with Gasteiger partial charge in [0.25, 0.3) is 5.56 Å². The highest BCUT2D eigenvalue weighted by molar-refractivity contribution is 8.07. The van der Waals surface area contributed by atoms with Crippen molar-refractivity contribution in [3.05, 3.63) is 69.0 Å². The minimum atomic E-state index is -3.73. The predicted molar refractivity (Wildman–Crippen MR) is 213 cm³/mol. The van der Waals surface area contributed by atoms with Gasteiger partial charge in [-0.15, -0.1) is 0 Å². The number of rotatable bonds is 26. The van der Waals surface area contributed by atoms with Crippen LogP contribution in [-0.4, -0.2) is 64.7 Å². The molecule has 0 saturated carbocycles. The van der Waals surface area contributed by atoms with Crippen LogP contribution in [0.3, 0.4) is 0 Å². The lowest BCUT2D eigenvalue weighted by Gasteiger charge is -2.27. The van der Waals surface area contributed by atoms with Gasteiger partial charge in [0.05, 0.1) is 0 Å². The standard InChI is InChI=1S/C37H59N4O9PS2/c1-3-4-5-6-7-8-9-10-11-12-13-14-18-24-38-35(52)39-25-19-22-30-33(50-51(45,53)46-2)31(49-34(30)41-26-23-32(42)40-36(41)43)28-48-37(44)47-27-29-20-16-15-17-21-29/h15-17,20-21,23,26,30-31,33-34H,3-14,18-19,22,24-25,27-28H2,1-2H3,(H,45,53)(H2,38,39,52)(H,40,42,43)/t30-,31+,33?,34+,51?/m0/s1. The van der Waals surface area contributed by atoms with Crippen LogP contribution in [0.15, 0.2) is 52.2 Å². The van der Waals surface area contributed by atoms with Crippen LogP contribution >= 0.6 is 18.9 Å². The van der Waals surface area contributed by atoms with Crippen molar-refractivity contribution in [1.29, 1.82) is 0 Å². The Morgan fingerprint density at radius 2 is 1.51 bits per heavy atom. The molecule has 2 heterocycles. The highest BCUT2D eigenvalue weighted by Crippen LogP contribution is 2.50. The molecule has 1 fully saturated rings. The second kappa shape index (κ2) is 25.4. The summed E-state index contributed by atoms with van der Waals surface area (Å²) >= 11 is 10.7. The molecule has 16 heteroatoms. The highest BCUT2D eigenvalue weighted by Gasteiger charge is 2.49. The van der Waals surface area contributed by atoms with Crippen molar-refractivity contribution < 1.29 is 32.9 Å². The van der Waals surface area contributed by atoms with Gasteiger partial charge in [0.15, 0.2) is 5.11 Å². The van der Waals surface area contributed by atoms with Crippen molar-refractivity contribution in [3.63, 3.8) is 0 Å². The number of carbonyl (C=O) groups is 1. The number of hydrogen-bond acceptors (Lipinski definition) is 10. The van der Waals surface area contributed by atoms with E-state index in [2.05, 4.69) is 22.5 Å². The lowest BCUT2D eigenvalue weighted by molar-refractivity contribution is -0.0595. The topological polar surface area (TPSA) is 162 Å². The van der Waals surface area contributed by atoms with E-state index < -0.39 is 48.5 Å². The Morgan fingerprint density at radius 1 is 0.906 bits per heavy atom. The van der Waals surface area contributed by atoms with Gasteiger partial charge in [-0.1, -0.05) is 114 Å². The fourth-order valence-corrected chi connectivity index (χ4v) is 7.52. The van der Waals surface area contributed by atoms with Gasteiger partial charge in [-0.05, 0) is 48.9 Å². The maximum Gasteiger partial charge on any atom is 0.508 e. The highest BCUT2D eigenvalue weighted by atomic mass is 32.5. The van der Waals surface area contributed by atoms with Crippen LogP contribution in [-0.2, 0) is 41.7 Å². The van der Waals surface area contributed by atoms with Gasteiger partial charge >= 0.3 is 18.6 Å². The molecule has 0 aliphatic carbocycles. The summed E-state index contributed by atoms with van der Waals surface area (Å²) in [6, 6.07) is 10.3. The van der Waals surface area contributed by atoms with Gasteiger partial charge in [-0.25, -0.2) is 9.59 Å². The van der Waals surface area contributed by atoms with Gasteiger partial charge in [0.1, 0.15) is 31.6 Å². The van der Waals surface area contributed by atoms with E-state index in [1.165, 1.54) is 94.6 Å². The Hall–Kier alpha value is -2.65. The molecule has 0 bridgehead atoms. The summed E-state index contributed by atoms with van der Waals surface area (Å²) in [7, 11) is 1.23. The summed E-state index contributed by atoms with van der Waals surface area (Å²) in [5.74, 6) is -0.578. The number of aromatic nitrogens is 2. The number of thiocarbonyl (C=S) groups is 1. The Kier molecular flexibility index (Phi) is 21.5. The van der Waals surface area contributed by atoms with Gasteiger partial charge in [0, 0.05) is 38.4 Å². The first-order chi connectivity index (χ1) is 25.6. The predicted octanol–water partition coefficient (Wildman–Crippen LogP) is 6.99. The second-order valence-electron chi connectivity index (χ2n) is 13.4. The van der Waals surface area contributed by atoms with Crippen molar-refractivity contribution in [2.24, 2.45) is 5.92 Å². The third kappa shape index (κ3) is 17.6. The molecule has 1 saturated heterocycles. The second-order valence-corrected chi connectivity index (χ2v) is 16.7. The van der Waals surface area contributed by atoms with Gasteiger partial charge in [-0.3, -0.25) is 14.3 Å². The van der Waals surface area contributed by atoms with E-state index in [-0.39, 0.29) is 13.2 Å². The summed E-state index contributed by atoms with van der Waals surface area (Å²) in [6.45, 7) is -0.499. The quantitative estimate of drug-likeness (QED) is 0.0334. The molecule has 298 valence electrons. The Morgan fingerprint density at radius 3 is 2.11 bits per heavy atom. The molecule has 4 N–H and O–H groups in total. The summed E-state index contributed by atoms with van der Waals surface area (Å²) < 4.78 is 29.1. The molecule has 0 spiro atoms. The Labute approximate surface area is 324 Å². The molecule has 1 aromatic carbocycles. The summed E-state index contributed by atoms with van der Waals surface area (Å²) in [5, 5.41) is 7.06. The number of unbranched alkanes of at least 4 members (excludes halogenated alkanes) is 12. The number of H-pyrrole nitrogens is 1. The zero-order valence-electron chi connectivity index (χ0n) is 31.2. The van der Waals surface area contributed by atoms with Crippen molar-refractivity contribution in [1.82, 2.24) is 20.2 Å². The zero-order chi connectivity index (χ0) is 38.3. The van der Waals surface area contributed by atoms with Crippen molar-refractivity contribution in [2.45, 2.75) is 128 Å². The van der Waals surface area contributed by atoms with Crippen molar-refractivity contribution in [3.8, 4) is 0 Å². The summed E-state index contributed by atoms with van der Waals surface area (Å²) in [4.78, 5) is 50.1. The molecular formula is C37H59N4O9PS2. The minimum Gasteiger partial charge on any atom is -0.431 e. The van der Waals surface area contributed by atoms with Gasteiger partial charge < -0.3 is 38.8 Å². The molecule has 2 unspecified atom stereocenters. The van der Waals surface area contributed by atoms with Crippen LogP contribution in [0.1, 0.15) is 115 Å². The third-order valence-electron chi connectivity index (χ3n) is 9.21. The average molecular weight is 799 g/mol. The Balaban J connectivity index is 1.47. The van der Waals surface area contributed by atoms with Gasteiger partial charge in [0.2, 0.25) is 0 Å². The molecule has 1 aliphatic rings. The minimum absolute atomic E-state index is 0.00733. The number of nitrogens with zero attached hydrogens (tertiary/aromatic N) is 1. The van der Waals surface area contributed by atoms with E-state index in [1.807, 2.05) is 30.3 Å². The SMILES string of the molecule is CCCCCCCCCCCCCCCNC(=S)NCCC[C@H]1C(OP(O)(=S)OC)[C@@H](COC(=O)OCc2ccccc2)O[C@H]1n1ccc(=O)[nH]c1=O. The first-order valence-electron chi connectivity index (χ1n) is 19.0. The van der Waals surface area contributed by atoms with E-state index in [9.17, 15) is 19.3 Å². The fraction of sp³-hybridized carbons (Fsp3) is 0.676. The monoisotopic (exact) mass is 798 g/mol. The molecule has 1 aliphatic heterocycles. The van der Waals surface area contributed by atoms with E-state index in [0.29, 0.717) is 24.5 Å². The number of nitrogens with one attached hydrogen (secondary N) is 3. The number of hydrogen-bond donors (Lipinski definition) is 4. The van der Waals surface area contributed by atoms with Crippen LogP contribution in [0, 0.1) is 5.92 Å². The fourth-order valence-electron chi connectivity index (χ4n) is 6.33.